The number of nitrogens with one attached hydrogen (secondary N) is 2. The number of aromatic amines is 1. The van der Waals surface area contributed by atoms with Gasteiger partial charge >= 0.3 is 0 Å². The van der Waals surface area contributed by atoms with Gasteiger partial charge in [-0.2, -0.15) is 0 Å². The van der Waals surface area contributed by atoms with Crippen molar-refractivity contribution in [1.82, 2.24) is 15.3 Å². The Labute approximate surface area is 94.5 Å². The first-order chi connectivity index (χ1) is 7.65. The van der Waals surface area contributed by atoms with E-state index in [2.05, 4.69) is 29.1 Å². The van der Waals surface area contributed by atoms with E-state index in [1.54, 1.807) is 0 Å². The summed E-state index contributed by atoms with van der Waals surface area (Å²) < 4.78 is 0. The van der Waals surface area contributed by atoms with Gasteiger partial charge < -0.3 is 10.3 Å². The molecule has 2 aliphatic heterocycles. The summed E-state index contributed by atoms with van der Waals surface area (Å²) in [5.74, 6) is 1.11. The van der Waals surface area contributed by atoms with Crippen molar-refractivity contribution in [3.05, 3.63) is 27.4 Å². The fourth-order valence-electron chi connectivity index (χ4n) is 2.78. The number of fused-ring (bicyclic) bond motifs is 4. The molecule has 2 unspecified atom stereocenters. The second-order valence-electron chi connectivity index (χ2n) is 5.16. The minimum atomic E-state index is 0.0616. The molecule has 2 bridgehead atoms. The lowest BCUT2D eigenvalue weighted by Gasteiger charge is -2.23. The monoisotopic (exact) mass is 219 g/mol. The minimum Gasteiger partial charge on any atom is -0.310 e. The third-order valence-corrected chi connectivity index (χ3v) is 3.63. The number of aromatic nitrogens is 2. The Balaban J connectivity index is 2.15. The molecule has 86 valence electrons. The van der Waals surface area contributed by atoms with Crippen molar-refractivity contribution in [3.8, 4) is 0 Å². The zero-order valence-electron chi connectivity index (χ0n) is 9.71. The minimum absolute atomic E-state index is 0.0616. The lowest BCUT2D eigenvalue weighted by molar-refractivity contribution is 0.496. The van der Waals surface area contributed by atoms with E-state index in [4.69, 9.17) is 0 Å². The largest absolute Gasteiger partial charge is 0.310 e. The molecule has 1 aromatic rings. The van der Waals surface area contributed by atoms with Gasteiger partial charge in [-0.15, -0.1) is 0 Å². The highest BCUT2D eigenvalue weighted by atomic mass is 16.1. The summed E-state index contributed by atoms with van der Waals surface area (Å²) in [6, 6.07) is 0.776. The maximum absolute atomic E-state index is 12.0. The maximum atomic E-state index is 12.0. The molecule has 0 amide bonds. The van der Waals surface area contributed by atoms with Crippen LogP contribution in [0.3, 0.4) is 0 Å². The van der Waals surface area contributed by atoms with E-state index in [1.807, 2.05) is 0 Å². The molecule has 4 nitrogen and oxygen atoms in total. The zero-order valence-corrected chi connectivity index (χ0v) is 9.71. The Bertz CT molecular complexity index is 478. The summed E-state index contributed by atoms with van der Waals surface area (Å²) in [5.41, 5.74) is 1.98. The molecule has 0 spiro atoms. The second-order valence-corrected chi connectivity index (χ2v) is 5.16. The van der Waals surface area contributed by atoms with Crippen molar-refractivity contribution >= 4 is 0 Å². The molecule has 0 radical (unpaired) electrons. The van der Waals surface area contributed by atoms with Crippen molar-refractivity contribution < 1.29 is 0 Å². The van der Waals surface area contributed by atoms with Crippen molar-refractivity contribution in [2.45, 2.75) is 51.1 Å². The Morgan fingerprint density at radius 2 is 2.19 bits per heavy atom. The van der Waals surface area contributed by atoms with E-state index < -0.39 is 0 Å². The van der Waals surface area contributed by atoms with E-state index in [0.717, 1.165) is 36.3 Å². The van der Waals surface area contributed by atoms with Gasteiger partial charge in [0, 0.05) is 24.4 Å². The van der Waals surface area contributed by atoms with Gasteiger partial charge in [-0.05, 0) is 12.8 Å². The molecule has 2 aliphatic rings. The van der Waals surface area contributed by atoms with Gasteiger partial charge in [-0.3, -0.25) is 4.79 Å². The highest BCUT2D eigenvalue weighted by Gasteiger charge is 2.35. The summed E-state index contributed by atoms with van der Waals surface area (Å²) in [6.45, 7) is 4.11. The third-order valence-electron chi connectivity index (χ3n) is 3.63. The Morgan fingerprint density at radius 3 is 2.94 bits per heavy atom. The van der Waals surface area contributed by atoms with Gasteiger partial charge in [0.25, 0.3) is 5.56 Å². The molecule has 0 saturated carbocycles. The predicted octanol–water partition coefficient (Wildman–Crippen LogP) is 1.24. The lowest BCUT2D eigenvalue weighted by atomic mass is 10.0. The average molecular weight is 219 g/mol. The molecule has 2 N–H and O–H groups in total. The van der Waals surface area contributed by atoms with Gasteiger partial charge in [0.2, 0.25) is 0 Å². The summed E-state index contributed by atoms with van der Waals surface area (Å²) in [5, 5.41) is 3.48. The fourth-order valence-corrected chi connectivity index (χ4v) is 2.78. The topological polar surface area (TPSA) is 57.8 Å². The second kappa shape index (κ2) is 3.42. The van der Waals surface area contributed by atoms with Crippen LogP contribution < -0.4 is 10.9 Å². The number of hydrogen-bond acceptors (Lipinski definition) is 3. The van der Waals surface area contributed by atoms with Gasteiger partial charge in [-0.1, -0.05) is 13.8 Å². The number of nitrogens with zero attached hydrogens (tertiary/aromatic N) is 1. The first-order valence-corrected chi connectivity index (χ1v) is 6.04. The van der Waals surface area contributed by atoms with E-state index in [9.17, 15) is 4.79 Å². The number of rotatable bonds is 1. The Kier molecular flexibility index (Phi) is 2.14. The van der Waals surface area contributed by atoms with Crippen LogP contribution in [-0.4, -0.2) is 16.0 Å². The smallest absolute Gasteiger partial charge is 0.255 e. The summed E-state index contributed by atoms with van der Waals surface area (Å²) in [4.78, 5) is 19.6. The summed E-state index contributed by atoms with van der Waals surface area (Å²) in [7, 11) is 0. The van der Waals surface area contributed by atoms with E-state index in [1.165, 1.54) is 0 Å². The third kappa shape index (κ3) is 1.40. The quantitative estimate of drug-likeness (QED) is 0.747. The Morgan fingerprint density at radius 1 is 1.38 bits per heavy atom. The number of hydrogen-bond donors (Lipinski definition) is 2. The molecule has 0 aromatic carbocycles. The lowest BCUT2D eigenvalue weighted by Crippen LogP contribution is -2.37. The Hall–Kier alpha value is -1.16. The first-order valence-electron chi connectivity index (χ1n) is 6.04. The first kappa shape index (κ1) is 10.0. The van der Waals surface area contributed by atoms with Crippen LogP contribution in [0.25, 0.3) is 0 Å². The van der Waals surface area contributed by atoms with Gasteiger partial charge in [-0.25, -0.2) is 4.98 Å². The molecule has 4 heteroatoms. The molecular formula is C12H17N3O. The summed E-state index contributed by atoms with van der Waals surface area (Å²) in [6.07, 6.45) is 3.15. The fraction of sp³-hybridized carbons (Fsp3) is 0.667. The highest BCUT2D eigenvalue weighted by Crippen LogP contribution is 2.33. The van der Waals surface area contributed by atoms with Gasteiger partial charge in [0.05, 0.1) is 11.3 Å². The van der Waals surface area contributed by atoms with E-state index in [0.29, 0.717) is 6.04 Å². The summed E-state index contributed by atoms with van der Waals surface area (Å²) >= 11 is 0. The molecule has 0 aliphatic carbocycles. The van der Waals surface area contributed by atoms with Crippen LogP contribution in [0.15, 0.2) is 4.79 Å². The molecular weight excluding hydrogens is 202 g/mol. The average Bonchev–Trinajstić information content (AvgIpc) is 2.59. The normalized spacial score (nSPS) is 27.2. The van der Waals surface area contributed by atoms with Crippen molar-refractivity contribution in [3.63, 3.8) is 0 Å². The van der Waals surface area contributed by atoms with Gasteiger partial charge in [0.1, 0.15) is 5.82 Å². The molecule has 1 aromatic heterocycles. The van der Waals surface area contributed by atoms with Crippen LogP contribution >= 0.6 is 0 Å². The van der Waals surface area contributed by atoms with Crippen LogP contribution in [0.4, 0.5) is 0 Å². The van der Waals surface area contributed by atoms with Crippen LogP contribution in [0.1, 0.15) is 55.7 Å². The molecule has 1 saturated heterocycles. The van der Waals surface area contributed by atoms with Crippen molar-refractivity contribution in [2.24, 2.45) is 0 Å². The molecule has 2 atom stereocenters. The van der Waals surface area contributed by atoms with Crippen LogP contribution in [0.5, 0.6) is 0 Å². The molecule has 3 heterocycles. The molecule has 16 heavy (non-hydrogen) atoms. The predicted molar refractivity (Wildman–Crippen MR) is 61.5 cm³/mol. The maximum Gasteiger partial charge on any atom is 0.255 e. The van der Waals surface area contributed by atoms with Crippen LogP contribution in [-0.2, 0) is 6.42 Å². The highest BCUT2D eigenvalue weighted by molar-refractivity contribution is 5.28. The van der Waals surface area contributed by atoms with E-state index >= 15 is 0 Å². The molecule has 1 fully saturated rings. The standard InChI is InChI=1S/C12H17N3O/c1-6(2)11-14-9-5-7-3-4-8(13-7)10(9)12(16)15-11/h6-8,13H,3-5H2,1-2H3,(H,14,15,16). The zero-order chi connectivity index (χ0) is 11.3. The van der Waals surface area contributed by atoms with Crippen LogP contribution in [0, 0.1) is 0 Å². The van der Waals surface area contributed by atoms with Crippen LogP contribution in [0.2, 0.25) is 0 Å². The molecule has 3 rings (SSSR count). The van der Waals surface area contributed by atoms with Crippen molar-refractivity contribution in [2.75, 3.05) is 0 Å². The van der Waals surface area contributed by atoms with Crippen molar-refractivity contribution in [1.29, 1.82) is 0 Å². The number of H-pyrrole nitrogens is 1. The van der Waals surface area contributed by atoms with Gasteiger partial charge in [0.15, 0.2) is 0 Å². The SMILES string of the molecule is CC(C)c1nc2c(c(=O)[nH]1)C1CCC(C2)N1. The van der Waals surface area contributed by atoms with E-state index in [-0.39, 0.29) is 17.5 Å².